The first-order valence-electron chi connectivity index (χ1n) is 8.55. The van der Waals surface area contributed by atoms with Gasteiger partial charge in [-0.15, -0.1) is 0 Å². The molecule has 1 amide bonds. The number of hydrogen-bond acceptors (Lipinski definition) is 7. The van der Waals surface area contributed by atoms with E-state index in [1.807, 2.05) is 13.0 Å². The van der Waals surface area contributed by atoms with Crippen LogP contribution in [0.2, 0.25) is 0 Å². The number of amides is 1. The summed E-state index contributed by atoms with van der Waals surface area (Å²) in [6.45, 7) is 5.10. The molecule has 0 unspecified atom stereocenters. The van der Waals surface area contributed by atoms with E-state index in [-0.39, 0.29) is 6.42 Å². The Kier molecular flexibility index (Phi) is 5.31. The zero-order valence-electron chi connectivity index (χ0n) is 15.6. The molecule has 28 heavy (non-hydrogen) atoms. The van der Waals surface area contributed by atoms with E-state index in [0.717, 1.165) is 5.69 Å². The fraction of sp³-hybridized carbons (Fsp3) is 0.263. The maximum absolute atomic E-state index is 12.3. The smallest absolute Gasteiger partial charge is 0.311 e. The summed E-state index contributed by atoms with van der Waals surface area (Å²) in [5, 5.41) is 15.5. The average molecular weight is 378 g/mol. The number of hydrogen-bond donors (Lipinski definition) is 1. The van der Waals surface area contributed by atoms with Gasteiger partial charge < -0.3 is 10.1 Å². The first-order chi connectivity index (χ1) is 13.4. The maximum Gasteiger partial charge on any atom is 0.311 e. The van der Waals surface area contributed by atoms with Crippen molar-refractivity contribution in [3.63, 3.8) is 0 Å². The summed E-state index contributed by atoms with van der Waals surface area (Å²) in [6.07, 6.45) is 0.383. The first kappa shape index (κ1) is 19.0. The number of carbonyl (C=O) groups is 2. The lowest BCUT2D eigenvalue weighted by Crippen LogP contribution is -2.30. The molecule has 2 aromatic heterocycles. The molecule has 1 atom stereocenters. The first-order valence-corrected chi connectivity index (χ1v) is 8.55. The van der Waals surface area contributed by atoms with Gasteiger partial charge in [-0.1, -0.05) is 0 Å². The van der Waals surface area contributed by atoms with Gasteiger partial charge in [0.25, 0.3) is 11.7 Å². The van der Waals surface area contributed by atoms with Crippen molar-refractivity contribution in [1.29, 1.82) is 5.26 Å². The van der Waals surface area contributed by atoms with E-state index in [4.69, 9.17) is 10.00 Å². The average Bonchev–Trinajstić information content (AvgIpc) is 3.14. The molecule has 9 heteroatoms. The summed E-state index contributed by atoms with van der Waals surface area (Å²) in [7, 11) is 0. The molecule has 0 aliphatic rings. The maximum atomic E-state index is 12.3. The van der Waals surface area contributed by atoms with Crippen LogP contribution in [0.25, 0.3) is 5.78 Å². The molecule has 0 fully saturated rings. The van der Waals surface area contributed by atoms with E-state index in [9.17, 15) is 9.59 Å². The van der Waals surface area contributed by atoms with Crippen molar-refractivity contribution in [3.8, 4) is 6.07 Å². The van der Waals surface area contributed by atoms with Crippen LogP contribution in [0.4, 0.5) is 5.69 Å². The zero-order chi connectivity index (χ0) is 20.3. The molecular formula is C19H18N6O3. The van der Waals surface area contributed by atoms with Crippen LogP contribution in [-0.2, 0) is 20.7 Å². The Morgan fingerprint density at radius 2 is 2.00 bits per heavy atom. The lowest BCUT2D eigenvalue weighted by Gasteiger charge is -2.15. The second-order valence-corrected chi connectivity index (χ2v) is 6.22. The number of nitrogens with zero attached hydrogens (tertiary/aromatic N) is 5. The Hall–Kier alpha value is -3.80. The summed E-state index contributed by atoms with van der Waals surface area (Å²) in [4.78, 5) is 32.9. The van der Waals surface area contributed by atoms with Gasteiger partial charge >= 0.3 is 5.97 Å². The van der Waals surface area contributed by atoms with Crippen molar-refractivity contribution in [2.75, 3.05) is 5.32 Å². The third-order valence-corrected chi connectivity index (χ3v) is 4.27. The van der Waals surface area contributed by atoms with Gasteiger partial charge in [0.2, 0.25) is 0 Å². The second-order valence-electron chi connectivity index (χ2n) is 6.22. The lowest BCUT2D eigenvalue weighted by molar-refractivity contribution is -0.152. The van der Waals surface area contributed by atoms with Crippen LogP contribution in [-0.4, -0.2) is 37.6 Å². The van der Waals surface area contributed by atoms with Crippen LogP contribution in [0.3, 0.4) is 0 Å². The molecule has 0 saturated carbocycles. The minimum Gasteiger partial charge on any atom is -0.452 e. The van der Waals surface area contributed by atoms with Gasteiger partial charge in [-0.25, -0.2) is 9.50 Å². The van der Waals surface area contributed by atoms with Crippen LogP contribution in [0.5, 0.6) is 0 Å². The van der Waals surface area contributed by atoms with Gasteiger partial charge in [0.05, 0.1) is 18.1 Å². The molecule has 0 aliphatic carbocycles. The number of nitriles is 1. The topological polar surface area (TPSA) is 122 Å². The van der Waals surface area contributed by atoms with Gasteiger partial charge in [0.15, 0.2) is 6.10 Å². The molecule has 3 aromatic rings. The molecule has 2 heterocycles. The molecule has 0 radical (unpaired) electrons. The molecule has 0 bridgehead atoms. The Morgan fingerprint density at radius 3 is 2.68 bits per heavy atom. The number of nitrogens with one attached hydrogen (secondary N) is 1. The van der Waals surface area contributed by atoms with Crippen molar-refractivity contribution >= 4 is 23.3 Å². The standard InChI is InChI=1S/C19H18N6O3/c1-11-16(12(2)25-19(23-11)21-10-22-25)8-17(26)28-13(3)18(27)24-15-6-4-14(9-20)5-7-15/h4-7,10,13H,8H2,1-3H3,(H,24,27)/t13-/m0/s1. The van der Waals surface area contributed by atoms with Gasteiger partial charge in [-0.05, 0) is 45.0 Å². The Labute approximate surface area is 161 Å². The lowest BCUT2D eigenvalue weighted by atomic mass is 10.1. The normalized spacial score (nSPS) is 11.6. The summed E-state index contributed by atoms with van der Waals surface area (Å²) < 4.78 is 6.81. The highest BCUT2D eigenvalue weighted by atomic mass is 16.5. The minimum atomic E-state index is -0.980. The number of aryl methyl sites for hydroxylation is 2. The van der Waals surface area contributed by atoms with Crippen LogP contribution >= 0.6 is 0 Å². The highest BCUT2D eigenvalue weighted by Gasteiger charge is 2.21. The van der Waals surface area contributed by atoms with Crippen LogP contribution in [0, 0.1) is 25.2 Å². The molecule has 1 aromatic carbocycles. The van der Waals surface area contributed by atoms with E-state index in [0.29, 0.717) is 28.3 Å². The number of fused-ring (bicyclic) bond motifs is 1. The summed E-state index contributed by atoms with van der Waals surface area (Å²) in [5.74, 6) is -0.548. The number of esters is 1. The number of ether oxygens (including phenoxy) is 1. The van der Waals surface area contributed by atoms with Crippen molar-refractivity contribution in [1.82, 2.24) is 19.6 Å². The van der Waals surface area contributed by atoms with E-state index < -0.39 is 18.0 Å². The van der Waals surface area contributed by atoms with Crippen molar-refractivity contribution in [2.45, 2.75) is 33.3 Å². The van der Waals surface area contributed by atoms with E-state index in [1.165, 1.54) is 13.3 Å². The largest absolute Gasteiger partial charge is 0.452 e. The van der Waals surface area contributed by atoms with Crippen molar-refractivity contribution in [2.24, 2.45) is 0 Å². The van der Waals surface area contributed by atoms with Crippen LogP contribution in [0.1, 0.15) is 29.4 Å². The second kappa shape index (κ2) is 7.84. The highest BCUT2D eigenvalue weighted by Crippen LogP contribution is 2.15. The minimum absolute atomic E-state index is 0.0328. The molecule has 142 valence electrons. The van der Waals surface area contributed by atoms with E-state index >= 15 is 0 Å². The summed E-state index contributed by atoms with van der Waals surface area (Å²) in [6, 6.07) is 8.39. The molecule has 9 nitrogen and oxygen atoms in total. The number of rotatable bonds is 5. The SMILES string of the molecule is Cc1nc2ncnn2c(C)c1CC(=O)O[C@@H](C)C(=O)Nc1ccc(C#N)cc1. The Morgan fingerprint density at radius 1 is 1.29 bits per heavy atom. The van der Waals surface area contributed by atoms with E-state index in [1.54, 1.807) is 35.7 Å². The number of carbonyl (C=O) groups excluding carboxylic acids is 2. The molecule has 3 rings (SSSR count). The summed E-state index contributed by atoms with van der Waals surface area (Å²) >= 11 is 0. The quantitative estimate of drug-likeness (QED) is 0.671. The predicted molar refractivity (Wildman–Crippen MR) is 99.3 cm³/mol. The van der Waals surface area contributed by atoms with Crippen molar-refractivity contribution < 1.29 is 14.3 Å². The van der Waals surface area contributed by atoms with Gasteiger partial charge in [0.1, 0.15) is 6.33 Å². The van der Waals surface area contributed by atoms with Gasteiger partial charge in [-0.3, -0.25) is 9.59 Å². The fourth-order valence-electron chi connectivity index (χ4n) is 2.72. The fourth-order valence-corrected chi connectivity index (χ4v) is 2.72. The Balaban J connectivity index is 1.64. The molecular weight excluding hydrogens is 360 g/mol. The predicted octanol–water partition coefficient (Wildman–Crippen LogP) is 1.73. The number of benzene rings is 1. The Bertz CT molecular complexity index is 1080. The highest BCUT2D eigenvalue weighted by molar-refractivity contribution is 5.95. The van der Waals surface area contributed by atoms with E-state index in [2.05, 4.69) is 20.4 Å². The van der Waals surface area contributed by atoms with Crippen LogP contribution < -0.4 is 5.32 Å². The summed E-state index contributed by atoms with van der Waals surface area (Å²) in [5.41, 5.74) is 3.08. The van der Waals surface area contributed by atoms with Gasteiger partial charge in [0, 0.05) is 22.6 Å². The van der Waals surface area contributed by atoms with Crippen LogP contribution in [0.15, 0.2) is 30.6 Å². The number of anilines is 1. The monoisotopic (exact) mass is 378 g/mol. The third-order valence-electron chi connectivity index (χ3n) is 4.27. The van der Waals surface area contributed by atoms with Gasteiger partial charge in [-0.2, -0.15) is 15.3 Å². The molecule has 0 saturated heterocycles. The number of aromatic nitrogens is 4. The molecule has 0 aliphatic heterocycles. The van der Waals surface area contributed by atoms with Crippen molar-refractivity contribution in [3.05, 3.63) is 53.1 Å². The molecule has 1 N–H and O–H groups in total. The third kappa shape index (κ3) is 3.96. The molecule has 0 spiro atoms. The zero-order valence-corrected chi connectivity index (χ0v) is 15.6.